The van der Waals surface area contributed by atoms with Gasteiger partial charge in [-0.15, -0.1) is 0 Å². The number of nitrogen functional groups attached to an aromatic ring is 1. The van der Waals surface area contributed by atoms with E-state index in [0.29, 0.717) is 18.2 Å². The summed E-state index contributed by atoms with van der Waals surface area (Å²) in [6, 6.07) is 5.61. The van der Waals surface area contributed by atoms with Gasteiger partial charge in [0.1, 0.15) is 5.82 Å². The van der Waals surface area contributed by atoms with Gasteiger partial charge < -0.3 is 10.5 Å². The molecule has 0 saturated carbocycles. The third kappa shape index (κ3) is 1.77. The van der Waals surface area contributed by atoms with Crippen LogP contribution in [-0.4, -0.2) is 21.9 Å². The van der Waals surface area contributed by atoms with Gasteiger partial charge in [0.25, 0.3) is 0 Å². The first-order valence-electron chi connectivity index (χ1n) is 4.98. The normalized spacial score (nSPS) is 10.6. The van der Waals surface area contributed by atoms with Crippen LogP contribution in [0.1, 0.15) is 11.3 Å². The van der Waals surface area contributed by atoms with Crippen LogP contribution in [0.2, 0.25) is 0 Å². The van der Waals surface area contributed by atoms with Gasteiger partial charge in [-0.1, -0.05) is 6.07 Å². The highest BCUT2D eigenvalue weighted by atomic mass is 16.5. The van der Waals surface area contributed by atoms with Gasteiger partial charge in [-0.2, -0.15) is 9.78 Å². The molecule has 0 unspecified atom stereocenters. The quantitative estimate of drug-likeness (QED) is 0.843. The van der Waals surface area contributed by atoms with E-state index in [1.165, 1.54) is 0 Å². The Kier molecular flexibility index (Phi) is 2.87. The Labute approximate surface area is 93.9 Å². The molecule has 0 aromatic carbocycles. The van der Waals surface area contributed by atoms with Crippen molar-refractivity contribution in [1.29, 1.82) is 0 Å². The van der Waals surface area contributed by atoms with Crippen LogP contribution >= 0.6 is 0 Å². The molecular formula is C11H14N4O. The zero-order valence-electron chi connectivity index (χ0n) is 9.34. The van der Waals surface area contributed by atoms with E-state index >= 15 is 0 Å². The molecule has 0 fully saturated rings. The van der Waals surface area contributed by atoms with Gasteiger partial charge in [-0.3, -0.25) is 0 Å². The molecule has 16 heavy (non-hydrogen) atoms. The van der Waals surface area contributed by atoms with Crippen molar-refractivity contribution in [2.75, 3.05) is 12.8 Å². The van der Waals surface area contributed by atoms with Crippen LogP contribution in [0.4, 0.5) is 5.82 Å². The zero-order valence-corrected chi connectivity index (χ0v) is 9.34. The summed E-state index contributed by atoms with van der Waals surface area (Å²) in [5, 5.41) is 4.37. The second-order valence-corrected chi connectivity index (χ2v) is 3.49. The smallest absolute Gasteiger partial charge is 0.155 e. The predicted octanol–water partition coefficient (Wildman–Crippen LogP) is 1.30. The lowest BCUT2D eigenvalue weighted by molar-refractivity contribution is 0.180. The van der Waals surface area contributed by atoms with Crippen LogP contribution in [0.15, 0.2) is 24.4 Å². The minimum atomic E-state index is 0.454. The predicted molar refractivity (Wildman–Crippen MR) is 61.2 cm³/mol. The van der Waals surface area contributed by atoms with Gasteiger partial charge in [0, 0.05) is 18.9 Å². The number of anilines is 1. The SMILES string of the molecule is COCc1nn(-c2ccccn2)c(N)c1C. The maximum Gasteiger partial charge on any atom is 0.155 e. The lowest BCUT2D eigenvalue weighted by atomic mass is 10.3. The summed E-state index contributed by atoms with van der Waals surface area (Å²) in [5.41, 5.74) is 7.75. The molecule has 0 saturated heterocycles. The van der Waals surface area contributed by atoms with Crippen molar-refractivity contribution >= 4 is 5.82 Å². The van der Waals surface area contributed by atoms with Crippen molar-refractivity contribution in [1.82, 2.24) is 14.8 Å². The standard InChI is InChI=1S/C11H14N4O/c1-8-9(7-16-2)14-15(11(8)12)10-5-3-4-6-13-10/h3-6H,7,12H2,1-2H3. The fraction of sp³-hybridized carbons (Fsp3) is 0.273. The maximum absolute atomic E-state index is 5.97. The lowest BCUT2D eigenvalue weighted by Gasteiger charge is -2.01. The Bertz CT molecular complexity index is 478. The molecule has 0 aliphatic rings. The van der Waals surface area contributed by atoms with E-state index in [0.717, 1.165) is 11.3 Å². The first-order chi connectivity index (χ1) is 7.74. The average molecular weight is 218 g/mol. The van der Waals surface area contributed by atoms with Crippen LogP contribution in [0.25, 0.3) is 5.82 Å². The first kappa shape index (κ1) is 10.6. The third-order valence-electron chi connectivity index (χ3n) is 2.41. The summed E-state index contributed by atoms with van der Waals surface area (Å²) >= 11 is 0. The lowest BCUT2D eigenvalue weighted by Crippen LogP contribution is -2.04. The highest BCUT2D eigenvalue weighted by molar-refractivity contribution is 5.47. The topological polar surface area (TPSA) is 66.0 Å². The van der Waals surface area contributed by atoms with Gasteiger partial charge in [-0.25, -0.2) is 4.98 Å². The summed E-state index contributed by atoms with van der Waals surface area (Å²) in [4.78, 5) is 4.20. The van der Waals surface area contributed by atoms with Crippen LogP contribution in [0.3, 0.4) is 0 Å². The Morgan fingerprint density at radius 1 is 1.44 bits per heavy atom. The number of rotatable bonds is 3. The number of hydrogen-bond acceptors (Lipinski definition) is 4. The number of nitrogens with two attached hydrogens (primary N) is 1. The van der Waals surface area contributed by atoms with Crippen molar-refractivity contribution < 1.29 is 4.74 Å². The van der Waals surface area contributed by atoms with Crippen LogP contribution in [-0.2, 0) is 11.3 Å². The van der Waals surface area contributed by atoms with Gasteiger partial charge in [-0.05, 0) is 19.1 Å². The molecule has 0 spiro atoms. The molecule has 2 aromatic heterocycles. The Morgan fingerprint density at radius 3 is 2.88 bits per heavy atom. The van der Waals surface area contributed by atoms with Crippen LogP contribution in [0, 0.1) is 6.92 Å². The maximum atomic E-state index is 5.97. The van der Waals surface area contributed by atoms with Crippen molar-refractivity contribution in [2.45, 2.75) is 13.5 Å². The van der Waals surface area contributed by atoms with Crippen molar-refractivity contribution in [3.63, 3.8) is 0 Å². The number of aromatic nitrogens is 3. The minimum absolute atomic E-state index is 0.454. The van der Waals surface area contributed by atoms with E-state index in [1.807, 2.05) is 25.1 Å². The third-order valence-corrected chi connectivity index (χ3v) is 2.41. The monoisotopic (exact) mass is 218 g/mol. The van der Waals surface area contributed by atoms with E-state index in [2.05, 4.69) is 10.1 Å². The van der Waals surface area contributed by atoms with Crippen molar-refractivity contribution in [3.8, 4) is 5.82 Å². The molecule has 2 N–H and O–H groups in total. The molecule has 2 heterocycles. The summed E-state index contributed by atoms with van der Waals surface area (Å²) in [6.45, 7) is 2.38. The number of ether oxygens (including phenoxy) is 1. The Hall–Kier alpha value is -1.88. The van der Waals surface area contributed by atoms with Gasteiger partial charge in [0.15, 0.2) is 5.82 Å². The number of pyridine rings is 1. The van der Waals surface area contributed by atoms with Crippen LogP contribution in [0.5, 0.6) is 0 Å². The Balaban J connectivity index is 2.46. The van der Waals surface area contributed by atoms with E-state index in [1.54, 1.807) is 18.0 Å². The summed E-state index contributed by atoms with van der Waals surface area (Å²) < 4.78 is 6.69. The summed E-state index contributed by atoms with van der Waals surface area (Å²) in [6.07, 6.45) is 1.71. The first-order valence-corrected chi connectivity index (χ1v) is 4.98. The summed E-state index contributed by atoms with van der Waals surface area (Å²) in [7, 11) is 1.63. The largest absolute Gasteiger partial charge is 0.383 e. The minimum Gasteiger partial charge on any atom is -0.383 e. The van der Waals surface area contributed by atoms with Gasteiger partial charge in [0.2, 0.25) is 0 Å². The molecule has 2 rings (SSSR count). The molecule has 0 aliphatic carbocycles. The van der Waals surface area contributed by atoms with Crippen molar-refractivity contribution in [2.24, 2.45) is 0 Å². The van der Waals surface area contributed by atoms with Gasteiger partial charge in [0.05, 0.1) is 12.3 Å². The molecule has 5 heteroatoms. The highest BCUT2D eigenvalue weighted by Gasteiger charge is 2.12. The summed E-state index contributed by atoms with van der Waals surface area (Å²) in [5.74, 6) is 1.32. The molecule has 0 amide bonds. The number of nitrogens with zero attached hydrogens (tertiary/aromatic N) is 3. The number of methoxy groups -OCH3 is 1. The molecule has 5 nitrogen and oxygen atoms in total. The average Bonchev–Trinajstić information content (AvgIpc) is 2.59. The fourth-order valence-corrected chi connectivity index (χ4v) is 1.48. The molecular weight excluding hydrogens is 204 g/mol. The van der Waals surface area contributed by atoms with Crippen molar-refractivity contribution in [3.05, 3.63) is 35.7 Å². The van der Waals surface area contributed by atoms with Crippen LogP contribution < -0.4 is 5.73 Å². The molecule has 0 bridgehead atoms. The van der Waals surface area contributed by atoms with E-state index < -0.39 is 0 Å². The van der Waals surface area contributed by atoms with Gasteiger partial charge >= 0.3 is 0 Å². The van der Waals surface area contributed by atoms with E-state index in [9.17, 15) is 0 Å². The molecule has 2 aromatic rings. The highest BCUT2D eigenvalue weighted by Crippen LogP contribution is 2.19. The Morgan fingerprint density at radius 2 is 2.25 bits per heavy atom. The fourth-order valence-electron chi connectivity index (χ4n) is 1.48. The van der Waals surface area contributed by atoms with E-state index in [4.69, 9.17) is 10.5 Å². The number of hydrogen-bond donors (Lipinski definition) is 1. The second-order valence-electron chi connectivity index (χ2n) is 3.49. The second kappa shape index (κ2) is 4.32. The molecule has 0 radical (unpaired) electrons. The molecule has 0 aliphatic heterocycles. The molecule has 0 atom stereocenters. The zero-order chi connectivity index (χ0) is 11.5. The molecule has 84 valence electrons. The van der Waals surface area contributed by atoms with E-state index in [-0.39, 0.29) is 0 Å².